The van der Waals surface area contributed by atoms with Crippen LogP contribution in [0.3, 0.4) is 0 Å². The molecule has 0 saturated heterocycles. The van der Waals surface area contributed by atoms with Gasteiger partial charge in [0.15, 0.2) is 11.6 Å². The van der Waals surface area contributed by atoms with Gasteiger partial charge in [-0.05, 0) is 45.7 Å². The fraction of sp³-hybridized carbons (Fsp3) is 0.409. The molecule has 0 radical (unpaired) electrons. The maximum atomic E-state index is 13.2. The topological polar surface area (TPSA) is 124 Å². The SMILES string of the molecule is CC1=C2C(=O)[C@](C)(COC(=O)c3ccc([N+](=O)[O-])cc3)C=C2C(=O)C(C)(O)C12CC2. The van der Waals surface area contributed by atoms with Crippen LogP contribution in [0.5, 0.6) is 0 Å². The summed E-state index contributed by atoms with van der Waals surface area (Å²) >= 11 is 0. The van der Waals surface area contributed by atoms with Gasteiger partial charge in [0.2, 0.25) is 0 Å². The van der Waals surface area contributed by atoms with E-state index < -0.39 is 33.1 Å². The van der Waals surface area contributed by atoms with E-state index in [1.54, 1.807) is 13.8 Å². The average molecular weight is 411 g/mol. The number of benzene rings is 1. The summed E-state index contributed by atoms with van der Waals surface area (Å²) in [4.78, 5) is 48.6. The van der Waals surface area contributed by atoms with E-state index in [1.165, 1.54) is 37.3 Å². The summed E-state index contributed by atoms with van der Waals surface area (Å²) in [6.07, 6.45) is 2.78. The van der Waals surface area contributed by atoms with E-state index >= 15 is 0 Å². The number of nitro benzene ring substituents is 1. The van der Waals surface area contributed by atoms with E-state index in [0.29, 0.717) is 24.0 Å². The summed E-state index contributed by atoms with van der Waals surface area (Å²) in [7, 11) is 0. The number of non-ortho nitro benzene ring substituents is 1. The van der Waals surface area contributed by atoms with Crippen LogP contribution in [0.25, 0.3) is 0 Å². The molecular formula is C22H21NO7. The Bertz CT molecular complexity index is 1070. The van der Waals surface area contributed by atoms with E-state index in [0.717, 1.165) is 0 Å². The van der Waals surface area contributed by atoms with E-state index in [4.69, 9.17) is 4.74 Å². The number of carbonyl (C=O) groups is 3. The first-order chi connectivity index (χ1) is 13.9. The van der Waals surface area contributed by atoms with Crippen molar-refractivity contribution < 1.29 is 29.2 Å². The van der Waals surface area contributed by atoms with Crippen LogP contribution in [0.1, 0.15) is 44.0 Å². The third kappa shape index (κ3) is 2.60. The smallest absolute Gasteiger partial charge is 0.338 e. The molecule has 0 aromatic heterocycles. The summed E-state index contributed by atoms with van der Waals surface area (Å²) < 4.78 is 5.31. The van der Waals surface area contributed by atoms with Gasteiger partial charge >= 0.3 is 5.97 Å². The minimum absolute atomic E-state index is 0.117. The Morgan fingerprint density at radius 2 is 1.77 bits per heavy atom. The molecule has 1 unspecified atom stereocenters. The maximum absolute atomic E-state index is 13.2. The summed E-state index contributed by atoms with van der Waals surface area (Å²) in [6, 6.07) is 4.95. The zero-order valence-corrected chi connectivity index (χ0v) is 16.9. The molecule has 0 aliphatic heterocycles. The number of allylic oxidation sites excluding steroid dienone is 1. The van der Waals surface area contributed by atoms with E-state index in [1.807, 2.05) is 0 Å². The Morgan fingerprint density at radius 3 is 2.30 bits per heavy atom. The van der Waals surface area contributed by atoms with Crippen molar-refractivity contribution in [3.63, 3.8) is 0 Å². The Balaban J connectivity index is 1.58. The highest BCUT2D eigenvalue weighted by Gasteiger charge is 2.66. The monoisotopic (exact) mass is 411 g/mol. The molecule has 0 amide bonds. The van der Waals surface area contributed by atoms with Crippen LogP contribution in [0, 0.1) is 20.9 Å². The number of ether oxygens (including phenoxy) is 1. The number of ketones is 2. The molecule has 1 aromatic carbocycles. The minimum Gasteiger partial charge on any atom is -0.461 e. The van der Waals surface area contributed by atoms with Gasteiger partial charge in [0.05, 0.1) is 15.9 Å². The van der Waals surface area contributed by atoms with Gasteiger partial charge in [-0.2, -0.15) is 0 Å². The van der Waals surface area contributed by atoms with Crippen molar-refractivity contribution in [1.29, 1.82) is 0 Å². The molecule has 1 N–H and O–H groups in total. The van der Waals surface area contributed by atoms with Crippen LogP contribution in [0.15, 0.2) is 47.1 Å². The molecule has 3 aliphatic rings. The van der Waals surface area contributed by atoms with Crippen molar-refractivity contribution in [2.45, 2.75) is 39.2 Å². The molecule has 3 aliphatic carbocycles. The van der Waals surface area contributed by atoms with Crippen molar-refractivity contribution in [2.24, 2.45) is 10.8 Å². The predicted molar refractivity (Wildman–Crippen MR) is 105 cm³/mol. The Labute approximate surface area is 172 Å². The van der Waals surface area contributed by atoms with Crippen LogP contribution in [0.2, 0.25) is 0 Å². The predicted octanol–water partition coefficient (Wildman–Crippen LogP) is 2.70. The highest BCUT2D eigenvalue weighted by atomic mass is 16.6. The molecule has 1 aromatic rings. The number of hydrogen-bond acceptors (Lipinski definition) is 7. The van der Waals surface area contributed by atoms with Crippen molar-refractivity contribution in [1.82, 2.24) is 0 Å². The number of Topliss-reactive ketones (excluding diaryl/α,β-unsaturated/α-hetero) is 2. The number of carbonyl (C=O) groups excluding carboxylic acids is 3. The maximum Gasteiger partial charge on any atom is 0.338 e. The number of nitro groups is 1. The summed E-state index contributed by atoms with van der Waals surface area (Å²) in [5.74, 6) is -1.50. The summed E-state index contributed by atoms with van der Waals surface area (Å²) in [6.45, 7) is 4.58. The second kappa shape index (κ2) is 6.18. The molecule has 4 rings (SSSR count). The second-order valence-corrected chi connectivity index (χ2v) is 8.67. The van der Waals surface area contributed by atoms with Gasteiger partial charge in [0, 0.05) is 28.7 Å². The molecule has 156 valence electrons. The number of rotatable bonds is 4. The van der Waals surface area contributed by atoms with E-state index in [2.05, 4.69) is 0 Å². The summed E-state index contributed by atoms with van der Waals surface area (Å²) in [5, 5.41) is 21.6. The second-order valence-electron chi connectivity index (χ2n) is 8.67. The highest BCUT2D eigenvalue weighted by Crippen LogP contribution is 2.65. The van der Waals surface area contributed by atoms with Crippen molar-refractivity contribution in [2.75, 3.05) is 6.61 Å². The van der Waals surface area contributed by atoms with Gasteiger partial charge in [-0.1, -0.05) is 11.6 Å². The zero-order valence-electron chi connectivity index (χ0n) is 16.9. The Kier molecular flexibility index (Phi) is 4.15. The van der Waals surface area contributed by atoms with Gasteiger partial charge in [0.25, 0.3) is 5.69 Å². The third-order valence-corrected chi connectivity index (χ3v) is 6.76. The van der Waals surface area contributed by atoms with Gasteiger partial charge in [-0.15, -0.1) is 0 Å². The van der Waals surface area contributed by atoms with Crippen LogP contribution in [-0.2, 0) is 14.3 Å². The molecule has 30 heavy (non-hydrogen) atoms. The average Bonchev–Trinajstić information content (AvgIpc) is 3.48. The first-order valence-electron chi connectivity index (χ1n) is 9.63. The van der Waals surface area contributed by atoms with E-state index in [9.17, 15) is 29.6 Å². The number of esters is 1. The van der Waals surface area contributed by atoms with Crippen LogP contribution >= 0.6 is 0 Å². The lowest BCUT2D eigenvalue weighted by atomic mass is 9.68. The van der Waals surface area contributed by atoms with Crippen LogP contribution in [0.4, 0.5) is 5.69 Å². The Morgan fingerprint density at radius 1 is 1.17 bits per heavy atom. The summed E-state index contributed by atoms with van der Waals surface area (Å²) in [5.41, 5.74) is -2.28. The van der Waals surface area contributed by atoms with Gasteiger partial charge in [0.1, 0.15) is 12.2 Å². The molecule has 8 nitrogen and oxygen atoms in total. The quantitative estimate of drug-likeness (QED) is 0.459. The molecule has 0 heterocycles. The van der Waals surface area contributed by atoms with Gasteiger partial charge in [-0.25, -0.2) is 4.79 Å². The molecule has 1 fully saturated rings. The number of hydrogen-bond donors (Lipinski definition) is 1. The number of aliphatic hydroxyl groups is 1. The van der Waals surface area contributed by atoms with Gasteiger partial charge < -0.3 is 9.84 Å². The van der Waals surface area contributed by atoms with Crippen molar-refractivity contribution >= 4 is 23.2 Å². The molecular weight excluding hydrogens is 390 g/mol. The lowest BCUT2D eigenvalue weighted by Crippen LogP contribution is -2.49. The minimum atomic E-state index is -1.56. The number of nitrogens with zero attached hydrogens (tertiary/aromatic N) is 1. The molecule has 0 bridgehead atoms. The lowest BCUT2D eigenvalue weighted by Gasteiger charge is -2.38. The first-order valence-corrected chi connectivity index (χ1v) is 9.63. The van der Waals surface area contributed by atoms with Crippen molar-refractivity contribution in [3.8, 4) is 0 Å². The fourth-order valence-electron chi connectivity index (χ4n) is 4.61. The fourth-order valence-corrected chi connectivity index (χ4v) is 4.61. The first kappa shape index (κ1) is 20.2. The number of fused-ring (bicyclic) bond motifs is 1. The molecule has 1 saturated carbocycles. The molecule has 2 atom stereocenters. The zero-order chi connectivity index (χ0) is 22.1. The lowest BCUT2D eigenvalue weighted by molar-refractivity contribution is -0.384. The van der Waals surface area contributed by atoms with Crippen molar-refractivity contribution in [3.05, 3.63) is 62.7 Å². The van der Waals surface area contributed by atoms with Gasteiger partial charge in [-0.3, -0.25) is 19.7 Å². The van der Waals surface area contributed by atoms with Crippen LogP contribution in [-0.4, -0.2) is 39.8 Å². The third-order valence-electron chi connectivity index (χ3n) is 6.76. The normalized spacial score (nSPS) is 29.0. The molecule has 1 spiro atoms. The largest absolute Gasteiger partial charge is 0.461 e. The molecule has 8 heteroatoms. The highest BCUT2D eigenvalue weighted by molar-refractivity contribution is 6.23. The standard InChI is InChI=1S/C22H21NO7/c1-12-16-15(17(24)21(3,27)22(12)8-9-22)10-20(2,18(16)25)11-30-19(26)13-4-6-14(7-5-13)23(28)29/h4-7,10,27H,8-9,11H2,1-3H3/t20-,21?/m0/s1. The Hall–Kier alpha value is -3.13. The van der Waals surface area contributed by atoms with Crippen LogP contribution < -0.4 is 0 Å². The van der Waals surface area contributed by atoms with E-state index in [-0.39, 0.29) is 29.2 Å².